The molecule has 0 spiro atoms. The summed E-state index contributed by atoms with van der Waals surface area (Å²) in [6, 6.07) is 3.04. The Balaban J connectivity index is 2.72. The van der Waals surface area contributed by atoms with E-state index in [4.69, 9.17) is 4.74 Å². The van der Waals surface area contributed by atoms with Crippen LogP contribution in [0.5, 0.6) is 0 Å². The highest BCUT2D eigenvalue weighted by molar-refractivity contribution is 7.78. The molecular formula is C11H12N2O2S. The van der Waals surface area contributed by atoms with Crippen LogP contribution in [0, 0.1) is 0 Å². The van der Waals surface area contributed by atoms with E-state index in [0.29, 0.717) is 13.0 Å². The molecule has 84 valence electrons. The average Bonchev–Trinajstić information content (AvgIpc) is 2.30. The highest BCUT2D eigenvalue weighted by atomic mass is 32.1. The van der Waals surface area contributed by atoms with Crippen LogP contribution in [-0.4, -0.2) is 28.8 Å². The van der Waals surface area contributed by atoms with Crippen molar-refractivity contribution in [3.05, 3.63) is 30.1 Å². The summed E-state index contributed by atoms with van der Waals surface area (Å²) < 4.78 is 4.89. The van der Waals surface area contributed by atoms with Crippen LogP contribution < -0.4 is 0 Å². The number of rotatable bonds is 5. The highest BCUT2D eigenvalue weighted by Gasteiger charge is 2.18. The van der Waals surface area contributed by atoms with Crippen molar-refractivity contribution in [1.29, 1.82) is 0 Å². The van der Waals surface area contributed by atoms with Gasteiger partial charge in [0.25, 0.3) is 0 Å². The summed E-state index contributed by atoms with van der Waals surface area (Å²) in [5.74, 6) is -0.378. The van der Waals surface area contributed by atoms with Crippen LogP contribution in [0.2, 0.25) is 0 Å². The van der Waals surface area contributed by atoms with Crippen molar-refractivity contribution in [1.82, 2.24) is 4.98 Å². The molecule has 1 rings (SSSR count). The van der Waals surface area contributed by atoms with E-state index in [9.17, 15) is 4.79 Å². The lowest BCUT2D eigenvalue weighted by atomic mass is 10.1. The van der Waals surface area contributed by atoms with E-state index >= 15 is 0 Å². The Labute approximate surface area is 99.4 Å². The predicted octanol–water partition coefficient (Wildman–Crippen LogP) is 1.66. The van der Waals surface area contributed by atoms with Gasteiger partial charge < -0.3 is 4.74 Å². The monoisotopic (exact) mass is 236 g/mol. The number of ether oxygens (including phenoxy) is 1. The first-order valence-corrected chi connectivity index (χ1v) is 5.31. The third-order valence-corrected chi connectivity index (χ3v) is 2.05. The molecule has 1 atom stereocenters. The Hall–Kier alpha value is -1.58. The molecule has 16 heavy (non-hydrogen) atoms. The molecular weight excluding hydrogens is 224 g/mol. The van der Waals surface area contributed by atoms with Gasteiger partial charge in [-0.05, 0) is 36.8 Å². The van der Waals surface area contributed by atoms with Gasteiger partial charge in [0, 0.05) is 18.8 Å². The molecule has 5 heteroatoms. The lowest BCUT2D eigenvalue weighted by molar-refractivity contribution is -0.144. The maximum Gasteiger partial charge on any atom is 0.332 e. The van der Waals surface area contributed by atoms with Crippen molar-refractivity contribution in [3.63, 3.8) is 0 Å². The molecule has 1 aromatic rings. The van der Waals surface area contributed by atoms with Gasteiger partial charge in [-0.2, -0.15) is 0 Å². The molecule has 0 aliphatic carbocycles. The molecule has 0 aromatic carbocycles. The fraction of sp³-hybridized carbons (Fsp3) is 0.364. The van der Waals surface area contributed by atoms with Crippen LogP contribution in [-0.2, 0) is 16.0 Å². The minimum Gasteiger partial charge on any atom is -0.464 e. The van der Waals surface area contributed by atoms with Crippen LogP contribution in [0.15, 0.2) is 29.5 Å². The molecule has 4 nitrogen and oxygen atoms in total. The first-order valence-electron chi connectivity index (χ1n) is 4.90. The third-order valence-electron chi connectivity index (χ3n) is 1.95. The molecule has 0 fully saturated rings. The van der Waals surface area contributed by atoms with Gasteiger partial charge in [-0.3, -0.25) is 4.98 Å². The Bertz CT molecular complexity index is 388. The normalized spacial score (nSPS) is 11.3. The fourth-order valence-electron chi connectivity index (χ4n) is 1.23. The Morgan fingerprint density at radius 2 is 2.31 bits per heavy atom. The van der Waals surface area contributed by atoms with Crippen LogP contribution in [0.25, 0.3) is 0 Å². The maximum atomic E-state index is 11.5. The summed E-state index contributed by atoms with van der Waals surface area (Å²) >= 11 is 4.51. The first-order chi connectivity index (χ1) is 7.77. The topological polar surface area (TPSA) is 51.5 Å². The zero-order chi connectivity index (χ0) is 11.8. The quantitative estimate of drug-likeness (QED) is 0.443. The number of carbonyl (C=O) groups is 1. The number of isothiocyanates is 1. The second-order valence-corrected chi connectivity index (χ2v) is 3.23. The zero-order valence-electron chi connectivity index (χ0n) is 8.92. The molecule has 0 amide bonds. The number of nitrogens with zero attached hydrogens (tertiary/aromatic N) is 2. The first kappa shape index (κ1) is 12.5. The number of aliphatic imine (C=N–C) groups is 1. The van der Waals surface area contributed by atoms with E-state index in [2.05, 4.69) is 27.4 Å². The van der Waals surface area contributed by atoms with Gasteiger partial charge in [0.1, 0.15) is 0 Å². The molecule has 0 aliphatic heterocycles. The molecule has 0 bridgehead atoms. The number of aromatic nitrogens is 1. The van der Waals surface area contributed by atoms with Gasteiger partial charge in [-0.25, -0.2) is 9.79 Å². The average molecular weight is 236 g/mol. The largest absolute Gasteiger partial charge is 0.464 e. The number of hydrogen-bond donors (Lipinski definition) is 0. The lowest BCUT2D eigenvalue weighted by Crippen LogP contribution is -2.23. The smallest absolute Gasteiger partial charge is 0.332 e. The summed E-state index contributed by atoms with van der Waals surface area (Å²) in [5, 5.41) is 2.22. The summed E-state index contributed by atoms with van der Waals surface area (Å²) in [4.78, 5) is 19.2. The highest BCUT2D eigenvalue weighted by Crippen LogP contribution is 2.06. The van der Waals surface area contributed by atoms with Crippen molar-refractivity contribution in [2.24, 2.45) is 4.99 Å². The number of esters is 1. The van der Waals surface area contributed by atoms with E-state index in [1.54, 1.807) is 19.3 Å². The Kier molecular flexibility index (Phi) is 5.32. The third kappa shape index (κ3) is 3.88. The van der Waals surface area contributed by atoms with E-state index in [1.807, 2.05) is 12.1 Å². The molecule has 1 aromatic heterocycles. The van der Waals surface area contributed by atoms with E-state index in [-0.39, 0.29) is 5.97 Å². The van der Waals surface area contributed by atoms with Crippen molar-refractivity contribution < 1.29 is 9.53 Å². The van der Waals surface area contributed by atoms with Gasteiger partial charge in [-0.15, -0.1) is 0 Å². The standard InChI is InChI=1S/C11H12N2O2S/c1-2-15-11(14)10(13-8-16)7-9-3-5-12-6-4-9/h3-6,10H,2,7H2,1H3. The van der Waals surface area contributed by atoms with Gasteiger partial charge in [0.15, 0.2) is 6.04 Å². The van der Waals surface area contributed by atoms with E-state index < -0.39 is 6.04 Å². The minimum atomic E-state index is -0.611. The molecule has 1 heterocycles. The van der Waals surface area contributed by atoms with Gasteiger partial charge in [0.05, 0.1) is 11.8 Å². The van der Waals surface area contributed by atoms with Crippen molar-refractivity contribution in [2.75, 3.05) is 6.61 Å². The van der Waals surface area contributed by atoms with Crippen LogP contribution >= 0.6 is 12.2 Å². The van der Waals surface area contributed by atoms with Crippen LogP contribution in [0.4, 0.5) is 0 Å². The van der Waals surface area contributed by atoms with Gasteiger partial charge in [0.2, 0.25) is 0 Å². The fourth-order valence-corrected chi connectivity index (χ4v) is 1.35. The minimum absolute atomic E-state index is 0.332. The van der Waals surface area contributed by atoms with Crippen LogP contribution in [0.1, 0.15) is 12.5 Å². The Morgan fingerprint density at radius 3 is 2.88 bits per heavy atom. The number of pyridine rings is 1. The van der Waals surface area contributed by atoms with Gasteiger partial charge >= 0.3 is 5.97 Å². The second-order valence-electron chi connectivity index (χ2n) is 3.05. The van der Waals surface area contributed by atoms with Crippen LogP contribution in [0.3, 0.4) is 0 Å². The summed E-state index contributed by atoms with van der Waals surface area (Å²) in [6.07, 6.45) is 3.78. The van der Waals surface area contributed by atoms with Gasteiger partial charge in [-0.1, -0.05) is 0 Å². The number of hydrogen-bond acceptors (Lipinski definition) is 5. The van der Waals surface area contributed by atoms with E-state index in [1.165, 1.54) is 0 Å². The SMILES string of the molecule is CCOC(=O)C(Cc1ccncc1)N=C=S. The molecule has 0 radical (unpaired) electrons. The van der Waals surface area contributed by atoms with Crippen molar-refractivity contribution >= 4 is 23.3 Å². The number of thiocarbonyl (C=S) groups is 1. The summed E-state index contributed by atoms with van der Waals surface area (Å²) in [5.41, 5.74) is 0.960. The Morgan fingerprint density at radius 1 is 1.62 bits per heavy atom. The summed E-state index contributed by atoms with van der Waals surface area (Å²) in [7, 11) is 0. The van der Waals surface area contributed by atoms with Crippen molar-refractivity contribution in [2.45, 2.75) is 19.4 Å². The second kappa shape index (κ2) is 6.82. The molecule has 0 saturated heterocycles. The number of carbonyl (C=O) groups excluding carboxylic acids is 1. The molecule has 0 aliphatic rings. The maximum absolute atomic E-state index is 11.5. The summed E-state index contributed by atoms with van der Waals surface area (Å²) in [6.45, 7) is 2.08. The predicted molar refractivity (Wildman–Crippen MR) is 63.4 cm³/mol. The molecule has 1 unspecified atom stereocenters. The lowest BCUT2D eigenvalue weighted by Gasteiger charge is -2.09. The molecule has 0 saturated carbocycles. The van der Waals surface area contributed by atoms with Crippen molar-refractivity contribution in [3.8, 4) is 0 Å². The van der Waals surface area contributed by atoms with E-state index in [0.717, 1.165) is 5.56 Å². The zero-order valence-corrected chi connectivity index (χ0v) is 9.74. The molecule has 0 N–H and O–H groups in total.